The average molecular weight is 365 g/mol. The van der Waals surface area contributed by atoms with Crippen molar-refractivity contribution >= 4 is 29.0 Å². The molecule has 140 valence electrons. The molecule has 0 saturated heterocycles. The van der Waals surface area contributed by atoms with Crippen LogP contribution < -0.4 is 10.3 Å². The molecule has 0 saturated carbocycles. The summed E-state index contributed by atoms with van der Waals surface area (Å²) in [6, 6.07) is 14.5. The number of hydrogen-bond acceptors (Lipinski definition) is 5. The lowest BCUT2D eigenvalue weighted by atomic mass is 10.2. The van der Waals surface area contributed by atoms with Crippen molar-refractivity contribution in [2.75, 3.05) is 16.9 Å². The zero-order valence-electron chi connectivity index (χ0n) is 15.7. The lowest BCUT2D eigenvalue weighted by Crippen LogP contribution is -2.30. The number of ether oxygens (including phenoxy) is 1. The molecule has 6 nitrogen and oxygen atoms in total. The number of carbonyl (C=O) groups is 2. The van der Waals surface area contributed by atoms with Crippen molar-refractivity contribution in [3.63, 3.8) is 0 Å². The highest BCUT2D eigenvalue weighted by Crippen LogP contribution is 2.20. The van der Waals surface area contributed by atoms with E-state index in [1.807, 2.05) is 49.2 Å². The van der Waals surface area contributed by atoms with Gasteiger partial charge in [0, 0.05) is 24.4 Å². The summed E-state index contributed by atoms with van der Waals surface area (Å²) >= 11 is 0. The summed E-state index contributed by atoms with van der Waals surface area (Å²) in [5.41, 5.74) is 4.12. The SMILES string of the molecule is CC1=NN(c2ccc(C(=O)OC(C)C(=O)Nc3cccc(C)c3)cc2)CC1. The van der Waals surface area contributed by atoms with Crippen LogP contribution in [0, 0.1) is 6.92 Å². The van der Waals surface area contributed by atoms with Crippen molar-refractivity contribution in [1.82, 2.24) is 0 Å². The van der Waals surface area contributed by atoms with Crippen molar-refractivity contribution in [3.05, 3.63) is 59.7 Å². The van der Waals surface area contributed by atoms with Crippen LogP contribution in [0.15, 0.2) is 53.6 Å². The molecule has 2 aromatic carbocycles. The Morgan fingerprint density at radius 3 is 2.52 bits per heavy atom. The third-order valence-corrected chi connectivity index (χ3v) is 4.32. The van der Waals surface area contributed by atoms with Crippen LogP contribution in [-0.2, 0) is 9.53 Å². The molecule has 1 heterocycles. The summed E-state index contributed by atoms with van der Waals surface area (Å²) < 4.78 is 5.29. The third-order valence-electron chi connectivity index (χ3n) is 4.32. The van der Waals surface area contributed by atoms with E-state index in [1.165, 1.54) is 0 Å². The Balaban J connectivity index is 1.58. The average Bonchev–Trinajstić information content (AvgIpc) is 3.08. The first-order valence-corrected chi connectivity index (χ1v) is 8.92. The molecule has 3 rings (SSSR count). The maximum Gasteiger partial charge on any atom is 0.338 e. The van der Waals surface area contributed by atoms with Gasteiger partial charge in [0.25, 0.3) is 5.91 Å². The Bertz CT molecular complexity index is 874. The molecule has 6 heteroatoms. The normalized spacial score (nSPS) is 14.5. The first-order chi connectivity index (χ1) is 12.9. The molecule has 0 radical (unpaired) electrons. The highest BCUT2D eigenvalue weighted by molar-refractivity contribution is 5.97. The molecular weight excluding hydrogens is 342 g/mol. The van der Waals surface area contributed by atoms with Gasteiger partial charge in [-0.3, -0.25) is 9.80 Å². The van der Waals surface area contributed by atoms with E-state index in [2.05, 4.69) is 10.4 Å². The van der Waals surface area contributed by atoms with E-state index in [0.29, 0.717) is 11.3 Å². The number of nitrogens with zero attached hydrogens (tertiary/aromatic N) is 2. The number of esters is 1. The molecule has 1 amide bonds. The van der Waals surface area contributed by atoms with E-state index in [4.69, 9.17) is 4.74 Å². The molecule has 1 unspecified atom stereocenters. The number of aryl methyl sites for hydroxylation is 1. The van der Waals surface area contributed by atoms with Crippen LogP contribution in [0.3, 0.4) is 0 Å². The molecule has 0 fully saturated rings. The second-order valence-electron chi connectivity index (χ2n) is 6.66. The van der Waals surface area contributed by atoms with Crippen LogP contribution in [-0.4, -0.2) is 30.2 Å². The molecule has 1 aliphatic heterocycles. The van der Waals surface area contributed by atoms with Gasteiger partial charge < -0.3 is 10.1 Å². The number of rotatable bonds is 5. The van der Waals surface area contributed by atoms with Gasteiger partial charge >= 0.3 is 5.97 Å². The number of nitrogens with one attached hydrogen (secondary N) is 1. The fourth-order valence-corrected chi connectivity index (χ4v) is 2.78. The van der Waals surface area contributed by atoms with Gasteiger partial charge in [-0.15, -0.1) is 0 Å². The van der Waals surface area contributed by atoms with Gasteiger partial charge in [-0.05, 0) is 62.7 Å². The van der Waals surface area contributed by atoms with Crippen molar-refractivity contribution in [2.45, 2.75) is 33.3 Å². The number of carbonyl (C=O) groups excluding carboxylic acids is 2. The smallest absolute Gasteiger partial charge is 0.338 e. The van der Waals surface area contributed by atoms with Gasteiger partial charge in [0.05, 0.1) is 11.3 Å². The van der Waals surface area contributed by atoms with Gasteiger partial charge in [0.2, 0.25) is 0 Å². The van der Waals surface area contributed by atoms with Crippen LogP contribution in [0.2, 0.25) is 0 Å². The molecular formula is C21H23N3O3. The quantitative estimate of drug-likeness (QED) is 0.819. The second-order valence-corrected chi connectivity index (χ2v) is 6.66. The Kier molecular flexibility index (Phi) is 5.54. The Labute approximate surface area is 158 Å². The minimum Gasteiger partial charge on any atom is -0.449 e. The van der Waals surface area contributed by atoms with Gasteiger partial charge in [-0.1, -0.05) is 12.1 Å². The predicted octanol–water partition coefficient (Wildman–Crippen LogP) is 3.77. The van der Waals surface area contributed by atoms with Crippen LogP contribution in [0.25, 0.3) is 0 Å². The summed E-state index contributed by atoms with van der Waals surface area (Å²) in [6.07, 6.45) is 0.0423. The maximum absolute atomic E-state index is 12.3. The van der Waals surface area contributed by atoms with E-state index in [-0.39, 0.29) is 5.91 Å². The fourth-order valence-electron chi connectivity index (χ4n) is 2.78. The molecule has 2 aromatic rings. The van der Waals surface area contributed by atoms with E-state index in [9.17, 15) is 9.59 Å². The summed E-state index contributed by atoms with van der Waals surface area (Å²) in [4.78, 5) is 24.5. The third kappa shape index (κ3) is 4.73. The standard InChI is InChI=1S/C21H23N3O3/c1-14-5-4-6-18(13-14)22-20(25)16(3)27-21(26)17-7-9-19(10-8-17)24-12-11-15(2)23-24/h4-10,13,16H,11-12H2,1-3H3,(H,22,25). The van der Waals surface area contributed by atoms with Crippen molar-refractivity contribution in [2.24, 2.45) is 5.10 Å². The first kappa shape index (κ1) is 18.6. The zero-order valence-corrected chi connectivity index (χ0v) is 15.7. The predicted molar refractivity (Wildman–Crippen MR) is 106 cm³/mol. The first-order valence-electron chi connectivity index (χ1n) is 8.92. The lowest BCUT2D eigenvalue weighted by Gasteiger charge is -2.15. The molecule has 0 aromatic heterocycles. The molecule has 1 atom stereocenters. The zero-order chi connectivity index (χ0) is 19.4. The number of benzene rings is 2. The monoisotopic (exact) mass is 365 g/mol. The minimum absolute atomic E-state index is 0.368. The second kappa shape index (κ2) is 8.03. The van der Waals surface area contributed by atoms with Crippen molar-refractivity contribution in [3.8, 4) is 0 Å². The maximum atomic E-state index is 12.3. The van der Waals surface area contributed by atoms with Crippen molar-refractivity contribution < 1.29 is 14.3 Å². The van der Waals surface area contributed by atoms with Gasteiger partial charge in [0.15, 0.2) is 6.10 Å². The number of hydrogen-bond donors (Lipinski definition) is 1. The molecule has 1 aliphatic rings. The Hall–Kier alpha value is -3.15. The summed E-state index contributed by atoms with van der Waals surface area (Å²) in [5, 5.41) is 9.09. The summed E-state index contributed by atoms with van der Waals surface area (Å²) in [5.74, 6) is -0.901. The Morgan fingerprint density at radius 2 is 1.89 bits per heavy atom. The minimum atomic E-state index is -0.900. The highest BCUT2D eigenvalue weighted by atomic mass is 16.5. The molecule has 1 N–H and O–H groups in total. The molecule has 27 heavy (non-hydrogen) atoms. The van der Waals surface area contributed by atoms with Crippen LogP contribution in [0.1, 0.15) is 36.2 Å². The molecule has 0 spiro atoms. The van der Waals surface area contributed by atoms with Crippen LogP contribution in [0.4, 0.5) is 11.4 Å². The molecule has 0 aliphatic carbocycles. The van der Waals surface area contributed by atoms with Crippen LogP contribution >= 0.6 is 0 Å². The van der Waals surface area contributed by atoms with E-state index < -0.39 is 12.1 Å². The fraction of sp³-hybridized carbons (Fsp3) is 0.286. The van der Waals surface area contributed by atoms with E-state index >= 15 is 0 Å². The Morgan fingerprint density at radius 1 is 1.15 bits per heavy atom. The van der Waals surface area contributed by atoms with E-state index in [1.54, 1.807) is 25.1 Å². The van der Waals surface area contributed by atoms with Crippen LogP contribution in [0.5, 0.6) is 0 Å². The topological polar surface area (TPSA) is 71.0 Å². The summed E-state index contributed by atoms with van der Waals surface area (Å²) in [7, 11) is 0. The number of anilines is 2. The van der Waals surface area contributed by atoms with Crippen molar-refractivity contribution in [1.29, 1.82) is 0 Å². The number of amides is 1. The number of hydrazone groups is 1. The summed E-state index contributed by atoms with van der Waals surface area (Å²) in [6.45, 7) is 6.33. The molecule has 0 bridgehead atoms. The lowest BCUT2D eigenvalue weighted by molar-refractivity contribution is -0.123. The van der Waals surface area contributed by atoms with E-state index in [0.717, 1.165) is 29.9 Å². The highest BCUT2D eigenvalue weighted by Gasteiger charge is 2.20. The van der Waals surface area contributed by atoms with Gasteiger partial charge in [-0.25, -0.2) is 4.79 Å². The van der Waals surface area contributed by atoms with Gasteiger partial charge in [0.1, 0.15) is 0 Å². The van der Waals surface area contributed by atoms with Gasteiger partial charge in [-0.2, -0.15) is 5.10 Å². The largest absolute Gasteiger partial charge is 0.449 e.